The highest BCUT2D eigenvalue weighted by molar-refractivity contribution is 5.87. The molecule has 2 aromatic carbocycles. The molecule has 2 atom stereocenters. The summed E-state index contributed by atoms with van der Waals surface area (Å²) in [6, 6.07) is 12.1. The third-order valence-electron chi connectivity index (χ3n) is 5.88. The van der Waals surface area contributed by atoms with Gasteiger partial charge in [0, 0.05) is 19.8 Å². The van der Waals surface area contributed by atoms with E-state index in [2.05, 4.69) is 9.98 Å². The fourth-order valence-electron chi connectivity index (χ4n) is 4.28. The van der Waals surface area contributed by atoms with Crippen molar-refractivity contribution in [2.45, 2.75) is 19.2 Å². The first-order valence-corrected chi connectivity index (χ1v) is 10.4. The van der Waals surface area contributed by atoms with Gasteiger partial charge in [0.2, 0.25) is 5.96 Å². The summed E-state index contributed by atoms with van der Waals surface area (Å²) in [5.41, 5.74) is 4.15. The molecule has 1 N–H and O–H groups in total. The Hall–Kier alpha value is -3.65. The maximum Gasteiger partial charge on any atom is 0.204 e. The van der Waals surface area contributed by atoms with Crippen LogP contribution in [-0.2, 0) is 0 Å². The van der Waals surface area contributed by atoms with Crippen LogP contribution in [0.1, 0.15) is 22.9 Å². The third kappa shape index (κ3) is 3.42. The maximum atomic E-state index is 13.4. The van der Waals surface area contributed by atoms with Crippen molar-refractivity contribution in [2.24, 2.45) is 4.99 Å². The number of halogens is 1. The topological polar surface area (TPSA) is 66.1 Å². The maximum absolute atomic E-state index is 13.4. The van der Waals surface area contributed by atoms with Crippen molar-refractivity contribution >= 4 is 12.0 Å². The third-order valence-corrected chi connectivity index (χ3v) is 5.88. The number of guanidine groups is 1. The van der Waals surface area contributed by atoms with E-state index in [1.807, 2.05) is 58.8 Å². The second-order valence-electron chi connectivity index (χ2n) is 8.06. The normalized spacial score (nSPS) is 21.3. The van der Waals surface area contributed by atoms with Gasteiger partial charge in [-0.15, -0.1) is 0 Å². The number of aliphatic imine (C=N–C) groups is 1. The van der Waals surface area contributed by atoms with Crippen LogP contribution >= 0.6 is 0 Å². The van der Waals surface area contributed by atoms with Gasteiger partial charge in [-0.25, -0.2) is 14.4 Å². The summed E-state index contributed by atoms with van der Waals surface area (Å²) in [5.74, 6) is 1.12. The number of nitrogens with zero attached hydrogens (tertiary/aromatic N) is 5. The molecule has 0 aliphatic carbocycles. The van der Waals surface area contributed by atoms with Crippen molar-refractivity contribution in [1.82, 2.24) is 19.4 Å². The van der Waals surface area contributed by atoms with Gasteiger partial charge in [-0.2, -0.15) is 0 Å². The predicted octanol–water partition coefficient (Wildman–Crippen LogP) is 3.35. The van der Waals surface area contributed by atoms with Crippen LogP contribution in [0.5, 0.6) is 5.75 Å². The molecule has 5 rings (SSSR count). The van der Waals surface area contributed by atoms with E-state index in [4.69, 9.17) is 4.74 Å². The highest BCUT2D eigenvalue weighted by Gasteiger charge is 2.43. The molecule has 164 valence electrons. The Kier molecular flexibility index (Phi) is 4.94. The molecule has 0 amide bonds. The van der Waals surface area contributed by atoms with E-state index in [9.17, 15) is 9.50 Å². The first-order valence-electron chi connectivity index (χ1n) is 10.4. The average molecular weight is 433 g/mol. The van der Waals surface area contributed by atoms with Gasteiger partial charge < -0.3 is 24.2 Å². The number of fused-ring (bicyclic) bond motifs is 1. The zero-order valence-electron chi connectivity index (χ0n) is 18.1. The van der Waals surface area contributed by atoms with Gasteiger partial charge in [0.05, 0.1) is 36.6 Å². The number of aliphatic hydroxyl groups excluding tert-OH is 1. The number of aryl methyl sites for hydroxylation is 1. The molecule has 1 aromatic heterocycles. The van der Waals surface area contributed by atoms with Crippen molar-refractivity contribution in [2.75, 3.05) is 20.7 Å². The first-order chi connectivity index (χ1) is 15.4. The molecule has 0 saturated carbocycles. The Balaban J connectivity index is 1.46. The van der Waals surface area contributed by atoms with Crippen LogP contribution in [0.25, 0.3) is 11.8 Å². The number of imidazole rings is 1. The van der Waals surface area contributed by atoms with Crippen LogP contribution in [0.15, 0.2) is 65.7 Å². The SMILES string of the molecule is COc1cc(/C=C2\N=C3N(C)CC(c4ccc(F)cc4)N3C2O)ccc1-n1cnc(C)c1. The summed E-state index contributed by atoms with van der Waals surface area (Å²) < 4.78 is 20.9. The number of ether oxygens (including phenoxy) is 1. The van der Waals surface area contributed by atoms with E-state index in [1.165, 1.54) is 12.1 Å². The molecule has 1 saturated heterocycles. The molecule has 7 nitrogen and oxygen atoms in total. The van der Waals surface area contributed by atoms with Crippen molar-refractivity contribution in [3.63, 3.8) is 0 Å². The molecule has 2 unspecified atom stereocenters. The Morgan fingerprint density at radius 2 is 1.97 bits per heavy atom. The smallest absolute Gasteiger partial charge is 0.204 e. The van der Waals surface area contributed by atoms with Crippen LogP contribution in [0.4, 0.5) is 4.39 Å². The van der Waals surface area contributed by atoms with E-state index >= 15 is 0 Å². The summed E-state index contributed by atoms with van der Waals surface area (Å²) in [6.45, 7) is 2.60. The minimum atomic E-state index is -0.896. The highest BCUT2D eigenvalue weighted by atomic mass is 19.1. The summed E-state index contributed by atoms with van der Waals surface area (Å²) in [5, 5.41) is 11.1. The fourth-order valence-corrected chi connectivity index (χ4v) is 4.28. The van der Waals surface area contributed by atoms with Crippen molar-refractivity contribution < 1.29 is 14.2 Å². The molecule has 0 bridgehead atoms. The van der Waals surface area contributed by atoms with E-state index in [1.54, 1.807) is 25.6 Å². The van der Waals surface area contributed by atoms with Gasteiger partial charge in [-0.3, -0.25) is 0 Å². The summed E-state index contributed by atoms with van der Waals surface area (Å²) in [7, 11) is 3.57. The van der Waals surface area contributed by atoms with Crippen LogP contribution in [0.2, 0.25) is 0 Å². The summed E-state index contributed by atoms with van der Waals surface area (Å²) in [6.07, 6.45) is 4.64. The molecule has 8 heteroatoms. The lowest BCUT2D eigenvalue weighted by Crippen LogP contribution is -2.36. The number of hydrogen-bond acceptors (Lipinski definition) is 6. The number of methoxy groups -OCH3 is 1. The molecule has 2 aliphatic heterocycles. The van der Waals surface area contributed by atoms with Crippen LogP contribution in [-0.4, -0.2) is 57.3 Å². The Labute approximate surface area is 185 Å². The molecule has 1 fully saturated rings. The minimum Gasteiger partial charge on any atom is -0.495 e. The Morgan fingerprint density at radius 1 is 1.19 bits per heavy atom. The Morgan fingerprint density at radius 3 is 2.66 bits per heavy atom. The van der Waals surface area contributed by atoms with Crippen molar-refractivity contribution in [3.05, 3.63) is 83.3 Å². The molecule has 2 aliphatic rings. The second kappa shape index (κ2) is 7.80. The lowest BCUT2D eigenvalue weighted by Gasteiger charge is -2.25. The average Bonchev–Trinajstić information content (AvgIpc) is 3.45. The molecular weight excluding hydrogens is 409 g/mol. The van der Waals surface area contributed by atoms with E-state index in [0.717, 1.165) is 22.5 Å². The van der Waals surface area contributed by atoms with Crippen LogP contribution in [0.3, 0.4) is 0 Å². The highest BCUT2D eigenvalue weighted by Crippen LogP contribution is 2.37. The lowest BCUT2D eigenvalue weighted by molar-refractivity contribution is 0.0784. The van der Waals surface area contributed by atoms with Gasteiger partial charge in [0.1, 0.15) is 11.6 Å². The largest absolute Gasteiger partial charge is 0.495 e. The number of benzene rings is 2. The van der Waals surface area contributed by atoms with Crippen LogP contribution in [0, 0.1) is 12.7 Å². The van der Waals surface area contributed by atoms with Gasteiger partial charge >= 0.3 is 0 Å². The quantitative estimate of drug-likeness (QED) is 0.684. The minimum absolute atomic E-state index is 0.110. The number of likely N-dealkylation sites (N-methyl/N-ethyl adjacent to an activating group) is 1. The molecular formula is C24H24FN5O2. The molecule has 32 heavy (non-hydrogen) atoms. The molecule has 3 aromatic rings. The summed E-state index contributed by atoms with van der Waals surface area (Å²) >= 11 is 0. The second-order valence-corrected chi connectivity index (χ2v) is 8.06. The zero-order valence-corrected chi connectivity index (χ0v) is 18.1. The van der Waals surface area contributed by atoms with E-state index in [-0.39, 0.29) is 11.9 Å². The van der Waals surface area contributed by atoms with Crippen molar-refractivity contribution in [1.29, 1.82) is 0 Å². The number of hydrogen-bond donors (Lipinski definition) is 1. The van der Waals surface area contributed by atoms with E-state index < -0.39 is 6.23 Å². The van der Waals surface area contributed by atoms with Crippen LogP contribution < -0.4 is 4.74 Å². The zero-order chi connectivity index (χ0) is 22.4. The number of aliphatic hydroxyl groups is 1. The summed E-state index contributed by atoms with van der Waals surface area (Å²) in [4.78, 5) is 12.8. The standard InChI is InChI=1S/C24H24FN5O2/c1-15-12-29(14-26-15)20-9-4-16(11-22(20)32-3)10-19-23(31)30-21(13-28(2)24(30)27-19)17-5-7-18(25)8-6-17/h4-12,14,21,23,31H,13H2,1-3H3/b19-10-. The number of rotatable bonds is 4. The number of aromatic nitrogens is 2. The molecule has 0 radical (unpaired) electrons. The van der Waals surface area contributed by atoms with Gasteiger partial charge in [-0.1, -0.05) is 18.2 Å². The molecule has 3 heterocycles. The molecule has 0 spiro atoms. The Bertz CT molecular complexity index is 1220. The van der Waals surface area contributed by atoms with Crippen molar-refractivity contribution in [3.8, 4) is 11.4 Å². The van der Waals surface area contributed by atoms with E-state index in [0.29, 0.717) is 24.0 Å². The first kappa shape index (κ1) is 20.3. The van der Waals surface area contributed by atoms with Gasteiger partial charge in [-0.05, 0) is 48.4 Å². The van der Waals surface area contributed by atoms with Gasteiger partial charge in [0.15, 0.2) is 6.23 Å². The monoisotopic (exact) mass is 433 g/mol. The van der Waals surface area contributed by atoms with Gasteiger partial charge in [0.25, 0.3) is 0 Å². The lowest BCUT2D eigenvalue weighted by atomic mass is 10.1. The fraction of sp³-hybridized carbons (Fsp3) is 0.250. The predicted molar refractivity (Wildman–Crippen MR) is 120 cm³/mol.